The standard InChI is InChI=1S/C17H16ClN3O4S2/c18-15-7-8-16(26-15)27(23,24)21-10-1-2-14(21)17(22)20-12-3-5-13(6-4-12)25-11-9-19/h3-8,14H,1-2,10-11H2,(H,20,22). The van der Waals surface area contributed by atoms with Crippen LogP contribution in [0.1, 0.15) is 12.8 Å². The van der Waals surface area contributed by atoms with Gasteiger partial charge in [-0.1, -0.05) is 11.6 Å². The summed E-state index contributed by atoms with van der Waals surface area (Å²) in [4.78, 5) is 12.7. The van der Waals surface area contributed by atoms with Gasteiger partial charge in [0.15, 0.2) is 6.61 Å². The van der Waals surface area contributed by atoms with Crippen molar-refractivity contribution < 1.29 is 17.9 Å². The molecule has 10 heteroatoms. The third-order valence-corrected chi connectivity index (χ3v) is 7.65. The number of nitrogens with one attached hydrogen (secondary N) is 1. The van der Waals surface area contributed by atoms with Crippen LogP contribution in [0.2, 0.25) is 4.34 Å². The highest BCUT2D eigenvalue weighted by Gasteiger charge is 2.40. The molecule has 0 aliphatic carbocycles. The molecule has 1 unspecified atom stereocenters. The summed E-state index contributed by atoms with van der Waals surface area (Å²) < 4.78 is 32.5. The minimum atomic E-state index is -3.77. The summed E-state index contributed by atoms with van der Waals surface area (Å²) >= 11 is 6.83. The molecule has 1 fully saturated rings. The van der Waals surface area contributed by atoms with E-state index in [2.05, 4.69) is 5.32 Å². The molecule has 1 aromatic carbocycles. The predicted octanol–water partition coefficient (Wildman–Crippen LogP) is 3.10. The number of benzene rings is 1. The molecule has 0 spiro atoms. The van der Waals surface area contributed by atoms with E-state index in [1.165, 1.54) is 16.4 Å². The summed E-state index contributed by atoms with van der Waals surface area (Å²) in [5, 5.41) is 11.2. The molecule has 0 saturated carbocycles. The van der Waals surface area contributed by atoms with Gasteiger partial charge in [-0.3, -0.25) is 4.79 Å². The zero-order valence-electron chi connectivity index (χ0n) is 14.1. The first-order valence-electron chi connectivity index (χ1n) is 8.09. The van der Waals surface area contributed by atoms with Gasteiger partial charge in [0, 0.05) is 12.2 Å². The Morgan fingerprint density at radius 1 is 1.33 bits per heavy atom. The number of thiophene rings is 1. The Hall–Kier alpha value is -2.12. The largest absolute Gasteiger partial charge is 0.479 e. The van der Waals surface area contributed by atoms with Crippen LogP contribution in [-0.4, -0.2) is 37.8 Å². The second kappa shape index (κ2) is 8.27. The highest BCUT2D eigenvalue weighted by atomic mass is 35.5. The van der Waals surface area contributed by atoms with E-state index in [0.717, 1.165) is 11.3 Å². The highest BCUT2D eigenvalue weighted by molar-refractivity contribution is 7.91. The lowest BCUT2D eigenvalue weighted by Gasteiger charge is -2.22. The fourth-order valence-electron chi connectivity index (χ4n) is 2.82. The van der Waals surface area contributed by atoms with Crippen LogP contribution < -0.4 is 10.1 Å². The molecule has 0 bridgehead atoms. The van der Waals surface area contributed by atoms with E-state index in [4.69, 9.17) is 21.6 Å². The van der Waals surface area contributed by atoms with Gasteiger partial charge in [0.05, 0.1) is 4.34 Å². The number of nitrogens with zero attached hydrogens (tertiary/aromatic N) is 2. The van der Waals surface area contributed by atoms with E-state index >= 15 is 0 Å². The molecule has 1 aliphatic rings. The Labute approximate surface area is 166 Å². The Bertz CT molecular complexity index is 967. The SMILES string of the molecule is N#CCOc1ccc(NC(=O)C2CCCN2S(=O)(=O)c2ccc(Cl)s2)cc1. The second-order valence-electron chi connectivity index (χ2n) is 5.79. The summed E-state index contributed by atoms with van der Waals surface area (Å²) in [6.45, 7) is 0.226. The maximum Gasteiger partial charge on any atom is 0.253 e. The summed E-state index contributed by atoms with van der Waals surface area (Å²) in [6, 6.07) is 10.6. The lowest BCUT2D eigenvalue weighted by Crippen LogP contribution is -2.42. The zero-order chi connectivity index (χ0) is 19.4. The number of amides is 1. The molecule has 1 aliphatic heterocycles. The van der Waals surface area contributed by atoms with Crippen molar-refractivity contribution in [2.75, 3.05) is 18.5 Å². The fourth-order valence-corrected chi connectivity index (χ4v) is 6.09. The van der Waals surface area contributed by atoms with E-state index in [9.17, 15) is 13.2 Å². The first-order chi connectivity index (χ1) is 12.9. The van der Waals surface area contributed by atoms with Gasteiger partial charge in [-0.2, -0.15) is 9.57 Å². The van der Waals surface area contributed by atoms with Crippen molar-refractivity contribution in [1.29, 1.82) is 5.26 Å². The molecule has 3 rings (SSSR count). The molecule has 2 heterocycles. The minimum absolute atomic E-state index is 0.0622. The fraction of sp³-hybridized carbons (Fsp3) is 0.294. The molecule has 0 radical (unpaired) electrons. The van der Waals surface area contributed by atoms with Crippen molar-refractivity contribution in [1.82, 2.24) is 4.31 Å². The molecule has 1 aromatic heterocycles. The minimum Gasteiger partial charge on any atom is -0.479 e. The molecular weight excluding hydrogens is 410 g/mol. The van der Waals surface area contributed by atoms with Crippen LogP contribution in [0.5, 0.6) is 5.75 Å². The van der Waals surface area contributed by atoms with Crippen molar-refractivity contribution in [3.05, 3.63) is 40.7 Å². The number of halogens is 1. The average molecular weight is 426 g/mol. The number of carbonyl (C=O) groups is 1. The van der Waals surface area contributed by atoms with Crippen LogP contribution in [0, 0.1) is 11.3 Å². The maximum absolute atomic E-state index is 12.8. The van der Waals surface area contributed by atoms with Crippen LogP contribution in [0.3, 0.4) is 0 Å². The molecule has 27 heavy (non-hydrogen) atoms. The topological polar surface area (TPSA) is 99.5 Å². The van der Waals surface area contributed by atoms with Gasteiger partial charge in [0.1, 0.15) is 22.1 Å². The molecule has 142 valence electrons. The molecule has 1 saturated heterocycles. The van der Waals surface area contributed by atoms with E-state index < -0.39 is 16.1 Å². The quantitative estimate of drug-likeness (QED) is 0.766. The molecule has 1 N–H and O–H groups in total. The van der Waals surface area contributed by atoms with Gasteiger partial charge in [-0.25, -0.2) is 8.42 Å². The van der Waals surface area contributed by atoms with Crippen LogP contribution in [0.15, 0.2) is 40.6 Å². The predicted molar refractivity (Wildman–Crippen MR) is 102 cm³/mol. The number of nitriles is 1. The monoisotopic (exact) mass is 425 g/mol. The number of hydrogen-bond donors (Lipinski definition) is 1. The van der Waals surface area contributed by atoms with Crippen molar-refractivity contribution >= 4 is 44.6 Å². The van der Waals surface area contributed by atoms with Crippen molar-refractivity contribution in [2.45, 2.75) is 23.1 Å². The summed E-state index contributed by atoms with van der Waals surface area (Å²) in [7, 11) is -3.77. The molecule has 2 aromatic rings. The number of carbonyl (C=O) groups excluding carboxylic acids is 1. The summed E-state index contributed by atoms with van der Waals surface area (Å²) in [5.74, 6) is 0.124. The molecule has 7 nitrogen and oxygen atoms in total. The van der Waals surface area contributed by atoms with E-state index in [1.807, 2.05) is 6.07 Å². The van der Waals surface area contributed by atoms with Gasteiger partial charge in [-0.05, 0) is 49.2 Å². The Morgan fingerprint density at radius 2 is 2.07 bits per heavy atom. The lowest BCUT2D eigenvalue weighted by molar-refractivity contribution is -0.119. The van der Waals surface area contributed by atoms with Gasteiger partial charge in [0.25, 0.3) is 10.0 Å². The molecule has 1 amide bonds. The average Bonchev–Trinajstić information content (AvgIpc) is 3.31. The summed E-state index contributed by atoms with van der Waals surface area (Å²) in [6.07, 6.45) is 1.06. The number of anilines is 1. The van der Waals surface area contributed by atoms with E-state index in [0.29, 0.717) is 28.6 Å². The van der Waals surface area contributed by atoms with Crippen LogP contribution >= 0.6 is 22.9 Å². The van der Waals surface area contributed by atoms with Crippen LogP contribution in [0.25, 0.3) is 0 Å². The number of sulfonamides is 1. The van der Waals surface area contributed by atoms with Crippen LogP contribution in [0.4, 0.5) is 5.69 Å². The first-order valence-corrected chi connectivity index (χ1v) is 10.7. The second-order valence-corrected chi connectivity index (χ2v) is 9.63. The number of hydrogen-bond acceptors (Lipinski definition) is 6. The van der Waals surface area contributed by atoms with Gasteiger partial charge in [-0.15, -0.1) is 11.3 Å². The van der Waals surface area contributed by atoms with Gasteiger partial charge in [0.2, 0.25) is 5.91 Å². The van der Waals surface area contributed by atoms with E-state index in [-0.39, 0.29) is 23.3 Å². The van der Waals surface area contributed by atoms with Crippen molar-refractivity contribution in [3.63, 3.8) is 0 Å². The van der Waals surface area contributed by atoms with Crippen LogP contribution in [-0.2, 0) is 14.8 Å². The number of rotatable bonds is 6. The van der Waals surface area contributed by atoms with Crippen molar-refractivity contribution in [2.24, 2.45) is 0 Å². The Morgan fingerprint density at radius 3 is 2.70 bits per heavy atom. The molecule has 1 atom stereocenters. The van der Waals surface area contributed by atoms with E-state index in [1.54, 1.807) is 24.3 Å². The lowest BCUT2D eigenvalue weighted by atomic mass is 10.2. The van der Waals surface area contributed by atoms with Crippen molar-refractivity contribution in [3.8, 4) is 11.8 Å². The smallest absolute Gasteiger partial charge is 0.253 e. The zero-order valence-corrected chi connectivity index (χ0v) is 16.5. The highest BCUT2D eigenvalue weighted by Crippen LogP contribution is 2.32. The molecular formula is C17H16ClN3O4S2. The maximum atomic E-state index is 12.8. The Balaban J connectivity index is 1.71. The first kappa shape index (κ1) is 19.6. The Kier molecular flexibility index (Phi) is 6.01. The summed E-state index contributed by atoms with van der Waals surface area (Å²) in [5.41, 5.74) is 0.521. The van der Waals surface area contributed by atoms with Gasteiger partial charge < -0.3 is 10.1 Å². The third kappa shape index (κ3) is 4.42. The third-order valence-electron chi connectivity index (χ3n) is 4.04. The number of ether oxygens (including phenoxy) is 1. The normalized spacial score (nSPS) is 17.4. The van der Waals surface area contributed by atoms with Gasteiger partial charge >= 0.3 is 0 Å².